The lowest BCUT2D eigenvalue weighted by Crippen LogP contribution is -2.33. The largest absolute Gasteiger partial charge is 0.493 e. The monoisotopic (exact) mass is 499 g/mol. The zero-order chi connectivity index (χ0) is 26.2. The summed E-state index contributed by atoms with van der Waals surface area (Å²) in [4.78, 5) is 15.4. The third kappa shape index (κ3) is 5.07. The van der Waals surface area contributed by atoms with E-state index in [2.05, 4.69) is 37.8 Å². The number of benzene rings is 3. The summed E-state index contributed by atoms with van der Waals surface area (Å²) in [5, 5.41) is 0. The number of hydrogen-bond acceptors (Lipinski definition) is 6. The van der Waals surface area contributed by atoms with Crippen molar-refractivity contribution in [3.8, 4) is 23.0 Å². The topological polar surface area (TPSA) is 57.2 Å². The second kappa shape index (κ2) is 9.94. The van der Waals surface area contributed by atoms with E-state index in [-0.39, 0.29) is 11.2 Å². The van der Waals surface area contributed by atoms with E-state index in [1.54, 1.807) is 20.3 Å². The van der Waals surface area contributed by atoms with Gasteiger partial charge in [-0.2, -0.15) is 0 Å². The van der Waals surface area contributed by atoms with Crippen LogP contribution in [0.15, 0.2) is 60.4 Å². The van der Waals surface area contributed by atoms with Crippen LogP contribution in [-0.2, 0) is 18.4 Å². The molecule has 0 fully saturated rings. The van der Waals surface area contributed by atoms with E-state index in [0.29, 0.717) is 36.1 Å². The minimum Gasteiger partial charge on any atom is -0.493 e. The molecule has 0 saturated carbocycles. The lowest BCUT2D eigenvalue weighted by molar-refractivity contribution is 0.0949. The molecule has 0 spiro atoms. The van der Waals surface area contributed by atoms with Crippen LogP contribution in [0.2, 0.25) is 0 Å². The van der Waals surface area contributed by atoms with E-state index in [4.69, 9.17) is 18.9 Å². The van der Waals surface area contributed by atoms with Crippen molar-refractivity contribution in [2.24, 2.45) is 0 Å². The molecule has 0 bridgehead atoms. The van der Waals surface area contributed by atoms with E-state index in [9.17, 15) is 4.79 Å². The summed E-state index contributed by atoms with van der Waals surface area (Å²) in [6.45, 7) is 8.47. The second-order valence-corrected chi connectivity index (χ2v) is 10.5. The van der Waals surface area contributed by atoms with E-state index in [1.165, 1.54) is 5.56 Å². The number of ketones is 1. The predicted octanol–water partition coefficient (Wildman–Crippen LogP) is 6.01. The highest BCUT2D eigenvalue weighted by atomic mass is 16.5. The Balaban J connectivity index is 1.31. The molecule has 2 aliphatic rings. The number of fused-ring (bicyclic) bond motifs is 3. The summed E-state index contributed by atoms with van der Waals surface area (Å²) in [5.74, 6) is 3.06. The van der Waals surface area contributed by atoms with Gasteiger partial charge in [-0.3, -0.25) is 9.69 Å². The first kappa shape index (κ1) is 24.9. The molecule has 5 rings (SSSR count). The molecule has 0 amide bonds. The quantitative estimate of drug-likeness (QED) is 0.387. The zero-order valence-corrected chi connectivity index (χ0v) is 22.1. The average molecular weight is 500 g/mol. The van der Waals surface area contributed by atoms with Gasteiger partial charge in [0, 0.05) is 13.1 Å². The number of Topliss-reactive ketones (excluding diaryl/α,β-unsaturated/α-hetero) is 1. The number of nitrogens with zero attached hydrogens (tertiary/aromatic N) is 1. The van der Waals surface area contributed by atoms with E-state index in [0.717, 1.165) is 41.2 Å². The van der Waals surface area contributed by atoms with Gasteiger partial charge in [0.15, 0.2) is 17.3 Å². The molecule has 3 aromatic carbocycles. The number of allylic oxidation sites excluding steroid dienone is 1. The number of carbonyl (C=O) groups excluding carboxylic acids is 1. The Hall–Kier alpha value is -3.77. The van der Waals surface area contributed by atoms with Crippen molar-refractivity contribution in [1.29, 1.82) is 0 Å². The average Bonchev–Trinajstić information content (AvgIpc) is 3.22. The van der Waals surface area contributed by atoms with Gasteiger partial charge < -0.3 is 18.9 Å². The van der Waals surface area contributed by atoms with Gasteiger partial charge in [-0.1, -0.05) is 51.1 Å². The van der Waals surface area contributed by atoms with Crippen molar-refractivity contribution in [3.05, 3.63) is 88.2 Å². The highest BCUT2D eigenvalue weighted by Crippen LogP contribution is 2.42. The fourth-order valence-electron chi connectivity index (χ4n) is 4.70. The fraction of sp³-hybridized carbons (Fsp3) is 0.323. The van der Waals surface area contributed by atoms with Gasteiger partial charge in [-0.15, -0.1) is 0 Å². The van der Waals surface area contributed by atoms with E-state index >= 15 is 0 Å². The zero-order valence-electron chi connectivity index (χ0n) is 22.1. The minimum absolute atomic E-state index is 0.0754. The lowest BCUT2D eigenvalue weighted by Gasteiger charge is -2.29. The van der Waals surface area contributed by atoms with Crippen LogP contribution in [-0.4, -0.2) is 38.2 Å². The van der Waals surface area contributed by atoms with Crippen LogP contribution >= 0.6 is 0 Å². The summed E-state index contributed by atoms with van der Waals surface area (Å²) < 4.78 is 23.0. The van der Waals surface area contributed by atoms with Crippen molar-refractivity contribution in [3.63, 3.8) is 0 Å². The molecule has 0 aliphatic carbocycles. The molecule has 0 radical (unpaired) electrons. The van der Waals surface area contributed by atoms with Gasteiger partial charge in [0.1, 0.15) is 18.2 Å². The lowest BCUT2D eigenvalue weighted by atomic mass is 9.86. The third-order valence-electron chi connectivity index (χ3n) is 6.92. The van der Waals surface area contributed by atoms with Crippen LogP contribution < -0.4 is 18.9 Å². The SMILES string of the molecule is COc1ccc(CCN2COc3ccc4c(c3C2)O/C(=C\c2ccc(C(C)(C)C)cc2)C4=O)cc1OC. The van der Waals surface area contributed by atoms with Gasteiger partial charge in [-0.05, 0) is 58.9 Å². The van der Waals surface area contributed by atoms with Gasteiger partial charge in [-0.25, -0.2) is 0 Å². The molecule has 2 aliphatic heterocycles. The van der Waals surface area contributed by atoms with Crippen LogP contribution in [0.25, 0.3) is 6.08 Å². The molecule has 0 saturated heterocycles. The molecule has 0 aromatic heterocycles. The minimum atomic E-state index is -0.0971. The molecule has 6 heteroatoms. The molecule has 37 heavy (non-hydrogen) atoms. The molecular weight excluding hydrogens is 466 g/mol. The van der Waals surface area contributed by atoms with Gasteiger partial charge in [0.05, 0.1) is 25.3 Å². The maximum Gasteiger partial charge on any atom is 0.231 e. The number of methoxy groups -OCH3 is 2. The maximum atomic E-state index is 13.1. The highest BCUT2D eigenvalue weighted by Gasteiger charge is 2.33. The normalized spacial score (nSPS) is 16.1. The molecule has 2 heterocycles. The molecular formula is C31H33NO5. The Morgan fingerprint density at radius 3 is 2.43 bits per heavy atom. The van der Waals surface area contributed by atoms with Crippen molar-refractivity contribution < 1.29 is 23.7 Å². The second-order valence-electron chi connectivity index (χ2n) is 10.5. The van der Waals surface area contributed by atoms with Crippen LogP contribution in [0.3, 0.4) is 0 Å². The Morgan fingerprint density at radius 2 is 1.73 bits per heavy atom. The summed E-state index contributed by atoms with van der Waals surface area (Å²) in [5.41, 5.74) is 4.90. The molecule has 3 aromatic rings. The van der Waals surface area contributed by atoms with Crippen molar-refractivity contribution in [1.82, 2.24) is 4.90 Å². The highest BCUT2D eigenvalue weighted by molar-refractivity contribution is 6.15. The first-order valence-corrected chi connectivity index (χ1v) is 12.5. The van der Waals surface area contributed by atoms with Crippen molar-refractivity contribution in [2.45, 2.75) is 39.2 Å². The number of rotatable bonds is 6. The summed E-state index contributed by atoms with van der Waals surface area (Å²) in [6.07, 6.45) is 2.64. The first-order valence-electron chi connectivity index (χ1n) is 12.5. The van der Waals surface area contributed by atoms with E-state index in [1.807, 2.05) is 42.5 Å². The Bertz CT molecular complexity index is 1350. The number of hydrogen-bond donors (Lipinski definition) is 0. The van der Waals surface area contributed by atoms with E-state index < -0.39 is 0 Å². The Labute approximate surface area is 218 Å². The van der Waals surface area contributed by atoms with Crippen LogP contribution in [0.5, 0.6) is 23.0 Å². The Morgan fingerprint density at radius 1 is 0.973 bits per heavy atom. The molecule has 0 atom stereocenters. The van der Waals surface area contributed by atoms with Crippen LogP contribution in [0, 0.1) is 0 Å². The summed E-state index contributed by atoms with van der Waals surface area (Å²) >= 11 is 0. The van der Waals surface area contributed by atoms with Gasteiger partial charge in [0.25, 0.3) is 0 Å². The number of carbonyl (C=O) groups is 1. The first-order chi connectivity index (χ1) is 17.8. The molecule has 192 valence electrons. The van der Waals surface area contributed by atoms with Crippen LogP contribution in [0.4, 0.5) is 0 Å². The molecule has 0 N–H and O–H groups in total. The smallest absolute Gasteiger partial charge is 0.231 e. The molecule has 0 unspecified atom stereocenters. The standard InChI is InChI=1S/C31H33NO5/c1-31(2,3)22-9-6-20(7-10-22)17-28-29(33)23-11-13-25-24(30(23)37-28)18-32(19-36-25)15-14-21-8-12-26(34-4)27(16-21)35-5/h6-13,16-17H,14-15,18-19H2,1-5H3/b28-17-. The predicted molar refractivity (Wildman–Crippen MR) is 144 cm³/mol. The summed E-state index contributed by atoms with van der Waals surface area (Å²) in [7, 11) is 3.27. The van der Waals surface area contributed by atoms with Crippen LogP contribution in [0.1, 0.15) is 53.4 Å². The van der Waals surface area contributed by atoms with Crippen molar-refractivity contribution in [2.75, 3.05) is 27.5 Å². The van der Waals surface area contributed by atoms with Gasteiger partial charge in [0.2, 0.25) is 5.78 Å². The Kier molecular flexibility index (Phi) is 6.69. The third-order valence-corrected chi connectivity index (χ3v) is 6.92. The van der Waals surface area contributed by atoms with Crippen molar-refractivity contribution >= 4 is 11.9 Å². The number of ether oxygens (including phenoxy) is 4. The van der Waals surface area contributed by atoms with Gasteiger partial charge >= 0.3 is 0 Å². The maximum absolute atomic E-state index is 13.1. The molecule has 6 nitrogen and oxygen atoms in total. The fourth-order valence-corrected chi connectivity index (χ4v) is 4.70. The summed E-state index contributed by atoms with van der Waals surface area (Å²) in [6, 6.07) is 17.9.